The first kappa shape index (κ1) is 9.83. The molecule has 0 aliphatic carbocycles. The highest BCUT2D eigenvalue weighted by atomic mass is 16.5. The lowest BCUT2D eigenvalue weighted by Gasteiger charge is -2.06. The number of nitrogens with zero attached hydrogens (tertiary/aromatic N) is 1. The third-order valence-corrected chi connectivity index (χ3v) is 1.96. The van der Waals surface area contributed by atoms with Crippen LogP contribution in [0.1, 0.15) is 17.3 Å². The number of carbonyl (C=O) groups excluding carboxylic acids is 1. The maximum atomic E-state index is 11.4. The van der Waals surface area contributed by atoms with E-state index in [2.05, 4.69) is 4.98 Å². The van der Waals surface area contributed by atoms with Gasteiger partial charge in [0.25, 0.3) is 0 Å². The van der Waals surface area contributed by atoms with E-state index < -0.39 is 0 Å². The average Bonchev–Trinajstić information content (AvgIpc) is 2.10. The molecule has 5 heteroatoms. The minimum Gasteiger partial charge on any atom is -0.462 e. The monoisotopic (exact) mass is 175 g/mol. The molecule has 0 N–H and O–H groups in total. The summed E-state index contributed by atoms with van der Waals surface area (Å²) in [4.78, 5) is 15.3. The van der Waals surface area contributed by atoms with Crippen LogP contribution >= 0.6 is 0 Å². The van der Waals surface area contributed by atoms with Crippen molar-refractivity contribution in [3.8, 4) is 0 Å². The first-order valence-corrected chi connectivity index (χ1v) is 4.25. The van der Waals surface area contributed by atoms with Crippen molar-refractivity contribution in [2.75, 3.05) is 6.61 Å². The van der Waals surface area contributed by atoms with Gasteiger partial charge in [-0.05, 0) is 6.92 Å². The molecule has 1 heterocycles. The highest BCUT2D eigenvalue weighted by molar-refractivity contribution is 6.50. The molecule has 0 radical (unpaired) electrons. The normalized spacial score (nSPS) is 9.62. The molecule has 13 heavy (non-hydrogen) atoms. The Hall–Kier alpha value is -1.25. The van der Waals surface area contributed by atoms with E-state index in [9.17, 15) is 4.79 Å². The number of rotatable bonds is 2. The molecular formula is C8H11B2NO2. The zero-order chi connectivity index (χ0) is 9.84. The van der Waals surface area contributed by atoms with Gasteiger partial charge >= 0.3 is 5.97 Å². The van der Waals surface area contributed by atoms with Gasteiger partial charge in [0.2, 0.25) is 0 Å². The number of pyridine rings is 1. The average molecular weight is 175 g/mol. The Bertz CT molecular complexity index is 328. The summed E-state index contributed by atoms with van der Waals surface area (Å²) in [5.41, 5.74) is 2.50. The molecule has 0 amide bonds. The SMILES string of the molecule is Bc1cncc(C(=O)OCC)c1B. The molecule has 0 saturated heterocycles. The van der Waals surface area contributed by atoms with Gasteiger partial charge in [-0.25, -0.2) is 4.79 Å². The maximum Gasteiger partial charge on any atom is 0.339 e. The summed E-state index contributed by atoms with van der Waals surface area (Å²) in [6, 6.07) is 0. The number of aromatic nitrogens is 1. The summed E-state index contributed by atoms with van der Waals surface area (Å²) in [7, 11) is 3.81. The van der Waals surface area contributed by atoms with Crippen LogP contribution in [-0.2, 0) is 4.74 Å². The van der Waals surface area contributed by atoms with Gasteiger partial charge < -0.3 is 4.74 Å². The molecule has 0 aliphatic heterocycles. The molecule has 0 spiro atoms. The molecule has 3 nitrogen and oxygen atoms in total. The van der Waals surface area contributed by atoms with Crippen LogP contribution in [0.2, 0.25) is 0 Å². The van der Waals surface area contributed by atoms with E-state index in [-0.39, 0.29) is 5.97 Å². The quantitative estimate of drug-likeness (QED) is 0.377. The number of ether oxygens (including phenoxy) is 1. The Morgan fingerprint density at radius 3 is 2.85 bits per heavy atom. The van der Waals surface area contributed by atoms with Crippen LogP contribution in [0.15, 0.2) is 12.4 Å². The Labute approximate surface area is 79.3 Å². The number of hydrogen-bond donors (Lipinski definition) is 0. The van der Waals surface area contributed by atoms with Crippen LogP contribution in [0.4, 0.5) is 0 Å². The fourth-order valence-corrected chi connectivity index (χ4v) is 1.04. The van der Waals surface area contributed by atoms with Crippen molar-refractivity contribution in [3.63, 3.8) is 0 Å². The van der Waals surface area contributed by atoms with Gasteiger partial charge in [0.15, 0.2) is 0 Å². The first-order valence-electron chi connectivity index (χ1n) is 4.25. The van der Waals surface area contributed by atoms with Gasteiger partial charge in [0, 0.05) is 12.4 Å². The molecule has 1 aromatic heterocycles. The van der Waals surface area contributed by atoms with E-state index in [1.165, 1.54) is 0 Å². The van der Waals surface area contributed by atoms with E-state index in [0.717, 1.165) is 10.9 Å². The third-order valence-electron chi connectivity index (χ3n) is 1.96. The summed E-state index contributed by atoms with van der Waals surface area (Å²) in [6.45, 7) is 2.18. The van der Waals surface area contributed by atoms with Crippen LogP contribution in [0.5, 0.6) is 0 Å². The van der Waals surface area contributed by atoms with E-state index >= 15 is 0 Å². The van der Waals surface area contributed by atoms with Gasteiger partial charge in [-0.2, -0.15) is 0 Å². The summed E-state index contributed by atoms with van der Waals surface area (Å²) >= 11 is 0. The van der Waals surface area contributed by atoms with Gasteiger partial charge in [0.05, 0.1) is 12.2 Å². The van der Waals surface area contributed by atoms with E-state index in [1.807, 2.05) is 15.7 Å². The number of hydrogen-bond acceptors (Lipinski definition) is 3. The van der Waals surface area contributed by atoms with Gasteiger partial charge in [0.1, 0.15) is 15.7 Å². The van der Waals surface area contributed by atoms with Crippen LogP contribution in [0.25, 0.3) is 0 Å². The number of carbonyl (C=O) groups is 1. The highest BCUT2D eigenvalue weighted by Crippen LogP contribution is 1.93. The predicted molar refractivity (Wildman–Crippen MR) is 56.5 cm³/mol. The van der Waals surface area contributed by atoms with Crippen molar-refractivity contribution >= 4 is 32.6 Å². The van der Waals surface area contributed by atoms with Crippen molar-refractivity contribution in [2.45, 2.75) is 6.92 Å². The smallest absolute Gasteiger partial charge is 0.339 e. The van der Waals surface area contributed by atoms with Crippen LogP contribution in [0, 0.1) is 0 Å². The summed E-state index contributed by atoms with van der Waals surface area (Å²) in [5.74, 6) is -0.295. The van der Waals surface area contributed by atoms with Crippen molar-refractivity contribution in [1.29, 1.82) is 0 Å². The Morgan fingerprint density at radius 2 is 2.23 bits per heavy atom. The minimum atomic E-state index is -0.295. The van der Waals surface area contributed by atoms with Crippen LogP contribution in [0.3, 0.4) is 0 Å². The molecule has 0 aliphatic rings. The zero-order valence-electron chi connectivity index (χ0n) is 8.13. The fraction of sp³-hybridized carbons (Fsp3) is 0.250. The van der Waals surface area contributed by atoms with E-state index in [4.69, 9.17) is 4.74 Å². The second-order valence-electron chi connectivity index (χ2n) is 2.85. The Morgan fingerprint density at radius 1 is 1.54 bits per heavy atom. The molecule has 1 rings (SSSR count). The lowest BCUT2D eigenvalue weighted by Crippen LogP contribution is -2.32. The molecule has 0 fully saturated rings. The van der Waals surface area contributed by atoms with Gasteiger partial charge in [-0.1, -0.05) is 10.9 Å². The molecule has 0 aromatic carbocycles. The lowest BCUT2D eigenvalue weighted by atomic mass is 9.79. The highest BCUT2D eigenvalue weighted by Gasteiger charge is 2.10. The van der Waals surface area contributed by atoms with Crippen LogP contribution in [-0.4, -0.2) is 33.3 Å². The Balaban J connectivity index is 3.01. The fourth-order valence-electron chi connectivity index (χ4n) is 1.04. The van der Waals surface area contributed by atoms with E-state index in [0.29, 0.717) is 12.2 Å². The summed E-state index contributed by atoms with van der Waals surface area (Å²) in [6.07, 6.45) is 3.28. The Kier molecular flexibility index (Phi) is 3.12. The molecular weight excluding hydrogens is 164 g/mol. The minimum absolute atomic E-state index is 0.295. The van der Waals surface area contributed by atoms with Crippen molar-refractivity contribution in [1.82, 2.24) is 4.98 Å². The third kappa shape index (κ3) is 2.11. The van der Waals surface area contributed by atoms with Crippen molar-refractivity contribution in [2.24, 2.45) is 0 Å². The largest absolute Gasteiger partial charge is 0.462 e. The molecule has 0 bridgehead atoms. The first-order chi connectivity index (χ1) is 6.16. The van der Waals surface area contributed by atoms with Crippen molar-refractivity contribution < 1.29 is 9.53 Å². The second-order valence-corrected chi connectivity index (χ2v) is 2.85. The molecule has 1 aromatic rings. The lowest BCUT2D eigenvalue weighted by molar-refractivity contribution is 0.0527. The van der Waals surface area contributed by atoms with Crippen molar-refractivity contribution in [3.05, 3.63) is 18.0 Å². The summed E-state index contributed by atoms with van der Waals surface area (Å²) in [5, 5.41) is 0. The maximum absolute atomic E-state index is 11.4. The van der Waals surface area contributed by atoms with Crippen LogP contribution < -0.4 is 10.9 Å². The van der Waals surface area contributed by atoms with Gasteiger partial charge in [-0.15, -0.1) is 0 Å². The predicted octanol–water partition coefficient (Wildman–Crippen LogP) is -2.22. The molecule has 0 unspecified atom stereocenters. The molecule has 0 saturated carbocycles. The second kappa shape index (κ2) is 4.12. The molecule has 0 atom stereocenters. The molecule has 66 valence electrons. The van der Waals surface area contributed by atoms with E-state index in [1.54, 1.807) is 19.3 Å². The van der Waals surface area contributed by atoms with Gasteiger partial charge in [-0.3, -0.25) is 4.98 Å². The zero-order valence-corrected chi connectivity index (χ0v) is 8.13. The standard InChI is InChI=1S/C8H11B2NO2/c1-2-13-8(12)5-3-11-4-6(9)7(5)10/h3-4H,2,9-10H2,1H3. The topological polar surface area (TPSA) is 39.2 Å². The number of esters is 1. The summed E-state index contributed by atoms with van der Waals surface area (Å²) < 4.78 is 4.88.